The van der Waals surface area contributed by atoms with Crippen LogP contribution in [0.1, 0.15) is 39.0 Å². The third-order valence-corrected chi connectivity index (χ3v) is 3.68. The third kappa shape index (κ3) is 1.65. The van der Waals surface area contributed by atoms with E-state index in [-0.39, 0.29) is 5.91 Å². The summed E-state index contributed by atoms with van der Waals surface area (Å²) in [4.78, 5) is 11.5. The summed E-state index contributed by atoms with van der Waals surface area (Å²) in [7, 11) is 0. The van der Waals surface area contributed by atoms with E-state index in [1.807, 2.05) is 11.9 Å². The Morgan fingerprint density at radius 3 is 2.69 bits per heavy atom. The van der Waals surface area contributed by atoms with Crippen LogP contribution < -0.4 is 16.9 Å². The largest absolute Gasteiger partial charge is 0.385 e. The van der Waals surface area contributed by atoms with Crippen LogP contribution in [0.2, 0.25) is 0 Å². The molecule has 1 amide bonds. The van der Waals surface area contributed by atoms with Crippen LogP contribution in [0.3, 0.4) is 0 Å². The van der Waals surface area contributed by atoms with Gasteiger partial charge in [-0.2, -0.15) is 0 Å². The molecule has 1 unspecified atom stereocenters. The van der Waals surface area contributed by atoms with E-state index < -0.39 is 5.54 Å². The average molecular weight is 224 g/mol. The number of hydrogen-bond acceptors (Lipinski definition) is 4. The molecule has 0 aromatic carbocycles. The minimum atomic E-state index is -0.785. The molecule has 1 heterocycles. The molecule has 0 aromatic heterocycles. The van der Waals surface area contributed by atoms with Crippen LogP contribution in [0.15, 0.2) is 11.9 Å². The molecular weight excluding hydrogens is 204 g/mol. The van der Waals surface area contributed by atoms with Gasteiger partial charge in [0.25, 0.3) is 0 Å². The van der Waals surface area contributed by atoms with E-state index >= 15 is 0 Å². The highest BCUT2D eigenvalue weighted by atomic mass is 16.1. The predicted molar refractivity (Wildman–Crippen MR) is 61.7 cm³/mol. The molecule has 5 heteroatoms. The minimum Gasteiger partial charge on any atom is -0.385 e. The molecule has 0 spiro atoms. The molecule has 16 heavy (non-hydrogen) atoms. The van der Waals surface area contributed by atoms with Gasteiger partial charge in [-0.3, -0.25) is 9.80 Å². The van der Waals surface area contributed by atoms with E-state index in [2.05, 4.69) is 5.43 Å². The fraction of sp³-hybridized carbons (Fsp3) is 0.727. The van der Waals surface area contributed by atoms with E-state index in [1.54, 1.807) is 6.08 Å². The number of rotatable bonds is 3. The Morgan fingerprint density at radius 1 is 1.62 bits per heavy atom. The van der Waals surface area contributed by atoms with Crippen LogP contribution in [0.4, 0.5) is 0 Å². The van der Waals surface area contributed by atoms with Gasteiger partial charge in [0.05, 0.1) is 0 Å². The molecule has 2 aliphatic rings. The van der Waals surface area contributed by atoms with Gasteiger partial charge in [-0.25, -0.2) is 5.43 Å². The van der Waals surface area contributed by atoms with Crippen molar-refractivity contribution in [1.82, 2.24) is 10.4 Å². The minimum absolute atomic E-state index is 0.363. The number of nitrogens with one attached hydrogen (secondary N) is 1. The Bertz CT molecular complexity index is 322. The Balaban J connectivity index is 2.16. The summed E-state index contributed by atoms with van der Waals surface area (Å²) in [6.45, 7) is 1.93. The van der Waals surface area contributed by atoms with E-state index in [4.69, 9.17) is 11.5 Å². The second-order valence-corrected chi connectivity index (χ2v) is 4.68. The van der Waals surface area contributed by atoms with Crippen molar-refractivity contribution in [3.05, 3.63) is 11.9 Å². The van der Waals surface area contributed by atoms with Gasteiger partial charge in [-0.05, 0) is 25.3 Å². The number of hydrogen-bond donors (Lipinski definition) is 3. The van der Waals surface area contributed by atoms with Crippen molar-refractivity contribution in [1.29, 1.82) is 0 Å². The van der Waals surface area contributed by atoms with Crippen LogP contribution in [0.25, 0.3) is 0 Å². The number of carbonyl (C=O) groups excluding carboxylic acids is 1. The summed E-state index contributed by atoms with van der Waals surface area (Å²) >= 11 is 0. The van der Waals surface area contributed by atoms with Gasteiger partial charge >= 0.3 is 0 Å². The Morgan fingerprint density at radius 2 is 2.25 bits per heavy atom. The lowest BCUT2D eigenvalue weighted by Gasteiger charge is -2.32. The molecule has 0 saturated heterocycles. The summed E-state index contributed by atoms with van der Waals surface area (Å²) in [5.74, 6) is 0.269. The number of nitrogens with zero attached hydrogens (tertiary/aromatic N) is 1. The van der Waals surface area contributed by atoms with Crippen molar-refractivity contribution in [2.45, 2.75) is 50.6 Å². The lowest BCUT2D eigenvalue weighted by atomic mass is 9.97. The molecular formula is C11H20N4O. The first-order valence-corrected chi connectivity index (χ1v) is 5.94. The van der Waals surface area contributed by atoms with Crippen LogP contribution in [-0.2, 0) is 4.79 Å². The van der Waals surface area contributed by atoms with Gasteiger partial charge in [0.2, 0.25) is 5.91 Å². The molecule has 1 atom stereocenters. The first kappa shape index (κ1) is 11.3. The molecule has 1 fully saturated rings. The summed E-state index contributed by atoms with van der Waals surface area (Å²) in [6.07, 6.45) is 7.08. The average Bonchev–Trinajstić information content (AvgIpc) is 2.84. The summed E-state index contributed by atoms with van der Waals surface area (Å²) < 4.78 is 0. The monoisotopic (exact) mass is 224 g/mol. The van der Waals surface area contributed by atoms with Crippen molar-refractivity contribution in [2.24, 2.45) is 11.5 Å². The zero-order valence-electron chi connectivity index (χ0n) is 9.70. The smallest absolute Gasteiger partial charge is 0.243 e. The van der Waals surface area contributed by atoms with Crippen LogP contribution in [0, 0.1) is 0 Å². The summed E-state index contributed by atoms with van der Waals surface area (Å²) in [5.41, 5.74) is 13.8. The van der Waals surface area contributed by atoms with Gasteiger partial charge in [-0.1, -0.05) is 19.8 Å². The van der Waals surface area contributed by atoms with E-state index in [0.29, 0.717) is 18.3 Å². The maximum Gasteiger partial charge on any atom is 0.243 e. The molecule has 0 aromatic rings. The first-order valence-electron chi connectivity index (χ1n) is 5.94. The predicted octanol–water partition coefficient (Wildman–Crippen LogP) is 0.183. The maximum atomic E-state index is 11.5. The van der Waals surface area contributed by atoms with E-state index in [1.165, 1.54) is 12.8 Å². The second kappa shape index (κ2) is 3.97. The fourth-order valence-electron chi connectivity index (χ4n) is 2.58. The van der Waals surface area contributed by atoms with Gasteiger partial charge in [0.15, 0.2) is 0 Å². The summed E-state index contributed by atoms with van der Waals surface area (Å²) in [5, 5.41) is 1.93. The molecule has 5 nitrogen and oxygen atoms in total. The molecule has 1 saturated carbocycles. The first-order chi connectivity index (χ1) is 7.59. The summed E-state index contributed by atoms with van der Waals surface area (Å²) in [6, 6.07) is 0.407. The Kier molecular flexibility index (Phi) is 2.80. The lowest BCUT2D eigenvalue weighted by molar-refractivity contribution is -0.124. The molecule has 5 N–H and O–H groups in total. The maximum absolute atomic E-state index is 11.5. The number of carbonyl (C=O) groups is 1. The fourth-order valence-corrected chi connectivity index (χ4v) is 2.58. The molecule has 0 bridgehead atoms. The Hall–Kier alpha value is -1.23. The molecule has 0 radical (unpaired) electrons. The van der Waals surface area contributed by atoms with Gasteiger partial charge < -0.3 is 11.5 Å². The van der Waals surface area contributed by atoms with Crippen molar-refractivity contribution >= 4 is 5.91 Å². The zero-order valence-corrected chi connectivity index (χ0v) is 9.70. The van der Waals surface area contributed by atoms with Crippen LogP contribution >= 0.6 is 0 Å². The van der Waals surface area contributed by atoms with Gasteiger partial charge in [-0.15, -0.1) is 0 Å². The highest BCUT2D eigenvalue weighted by Gasteiger charge is 2.42. The quantitative estimate of drug-likeness (QED) is 0.638. The molecule has 90 valence electrons. The van der Waals surface area contributed by atoms with Gasteiger partial charge in [0, 0.05) is 6.04 Å². The highest BCUT2D eigenvalue weighted by molar-refractivity contribution is 5.87. The number of amides is 1. The van der Waals surface area contributed by atoms with Crippen molar-refractivity contribution in [3.63, 3.8) is 0 Å². The highest BCUT2D eigenvalue weighted by Crippen LogP contribution is 2.30. The van der Waals surface area contributed by atoms with Crippen LogP contribution in [0.5, 0.6) is 0 Å². The van der Waals surface area contributed by atoms with E-state index in [9.17, 15) is 4.79 Å². The topological polar surface area (TPSA) is 84.4 Å². The normalized spacial score (nSPS) is 30.8. The molecule has 1 aliphatic carbocycles. The van der Waals surface area contributed by atoms with E-state index in [0.717, 1.165) is 12.8 Å². The molecule has 1 aliphatic heterocycles. The van der Waals surface area contributed by atoms with Gasteiger partial charge in [0.1, 0.15) is 11.4 Å². The number of primary amides is 1. The third-order valence-electron chi connectivity index (χ3n) is 3.68. The standard InChI is InChI=1S/C11H20N4O/c1-2-11(10(13)16)7-9(12)15(14-11)8-5-3-4-6-8/h7-8,14H,2-6,12H2,1H3,(H2,13,16). The van der Waals surface area contributed by atoms with Crippen LogP contribution in [-0.4, -0.2) is 22.5 Å². The van der Waals surface area contributed by atoms with Crippen molar-refractivity contribution < 1.29 is 4.79 Å². The zero-order chi connectivity index (χ0) is 11.8. The second-order valence-electron chi connectivity index (χ2n) is 4.68. The van der Waals surface area contributed by atoms with Crippen molar-refractivity contribution in [2.75, 3.05) is 0 Å². The number of nitrogens with two attached hydrogens (primary N) is 2. The molecule has 2 rings (SSSR count). The lowest BCUT2D eigenvalue weighted by Crippen LogP contribution is -2.57. The SMILES string of the molecule is CCC1(C(N)=O)C=C(N)N(C2CCCC2)N1. The van der Waals surface area contributed by atoms with Crippen molar-refractivity contribution in [3.8, 4) is 0 Å². The number of hydrazine groups is 1. The Labute approximate surface area is 95.8 Å².